The largest absolute Gasteiger partial charge is 0.462 e. The zero-order valence-corrected chi connectivity index (χ0v) is 23.8. The molecule has 3 heteroatoms. The molecule has 4 aliphatic rings. The number of ketones is 1. The zero-order chi connectivity index (χ0) is 25.6. The van der Waals surface area contributed by atoms with Gasteiger partial charge in [0.25, 0.3) is 0 Å². The Bertz CT molecular complexity index is 784. The first-order valence-electron chi connectivity index (χ1n) is 15.8. The third-order valence-electron chi connectivity index (χ3n) is 11.1. The van der Waals surface area contributed by atoms with E-state index in [2.05, 4.69) is 20.8 Å². The van der Waals surface area contributed by atoms with E-state index in [1.165, 1.54) is 89.0 Å². The molecule has 3 nitrogen and oxygen atoms in total. The highest BCUT2D eigenvalue weighted by molar-refractivity contribution is 5.91. The molecule has 1 unspecified atom stereocenters. The predicted octanol–water partition coefficient (Wildman–Crippen LogP) is 9.13. The fourth-order valence-corrected chi connectivity index (χ4v) is 8.86. The van der Waals surface area contributed by atoms with Crippen LogP contribution in [0.25, 0.3) is 0 Å². The predicted molar refractivity (Wildman–Crippen MR) is 148 cm³/mol. The summed E-state index contributed by atoms with van der Waals surface area (Å²) in [7, 11) is 0. The van der Waals surface area contributed by atoms with Crippen molar-refractivity contribution < 1.29 is 14.3 Å². The average Bonchev–Trinajstić information content (AvgIpc) is 3.19. The molecular weight excluding hydrogens is 444 g/mol. The van der Waals surface area contributed by atoms with E-state index in [0.717, 1.165) is 44.4 Å². The van der Waals surface area contributed by atoms with Crippen LogP contribution >= 0.6 is 0 Å². The van der Waals surface area contributed by atoms with E-state index in [1.807, 2.05) is 6.08 Å². The van der Waals surface area contributed by atoms with Gasteiger partial charge in [0.05, 0.1) is 0 Å². The summed E-state index contributed by atoms with van der Waals surface area (Å²) in [6, 6.07) is 0. The van der Waals surface area contributed by atoms with Crippen molar-refractivity contribution in [3.05, 3.63) is 11.6 Å². The lowest BCUT2D eigenvalue weighted by molar-refractivity contribution is -0.160. The van der Waals surface area contributed by atoms with Crippen LogP contribution in [0.4, 0.5) is 0 Å². The quantitative estimate of drug-likeness (QED) is 0.188. The standard InChI is InChI=1S/C33H54O3/c1-4-5-6-7-8-9-10-11-12-13-14-15-31(35)36-30-19-18-28-27-17-16-25-24-26(34)20-22-32(25,2)29(27)21-23-33(28,30)3/h24,27-30H,4-23H2,1-3H3/t27-,28-,29+,30?,32-,33-/m0/s1. The van der Waals surface area contributed by atoms with E-state index < -0.39 is 0 Å². The van der Waals surface area contributed by atoms with Crippen LogP contribution in [-0.2, 0) is 14.3 Å². The molecule has 4 rings (SSSR count). The Hall–Kier alpha value is -1.12. The average molecular weight is 499 g/mol. The fourth-order valence-electron chi connectivity index (χ4n) is 8.86. The van der Waals surface area contributed by atoms with Crippen molar-refractivity contribution in [3.8, 4) is 0 Å². The lowest BCUT2D eigenvalue weighted by atomic mass is 9.47. The van der Waals surface area contributed by atoms with Gasteiger partial charge in [0, 0.05) is 18.3 Å². The summed E-state index contributed by atoms with van der Waals surface area (Å²) in [4.78, 5) is 24.8. The monoisotopic (exact) mass is 498 g/mol. The number of rotatable bonds is 13. The van der Waals surface area contributed by atoms with Gasteiger partial charge in [0.15, 0.2) is 5.78 Å². The second-order valence-electron chi connectivity index (χ2n) is 13.4. The van der Waals surface area contributed by atoms with Crippen LogP contribution in [0.5, 0.6) is 0 Å². The van der Waals surface area contributed by atoms with Crippen LogP contribution in [-0.4, -0.2) is 17.9 Å². The highest BCUT2D eigenvalue weighted by atomic mass is 16.5. The van der Waals surface area contributed by atoms with Gasteiger partial charge in [-0.05, 0) is 80.6 Å². The van der Waals surface area contributed by atoms with Crippen molar-refractivity contribution in [2.45, 2.75) is 155 Å². The molecule has 0 radical (unpaired) electrons. The van der Waals surface area contributed by atoms with Crippen molar-refractivity contribution in [2.75, 3.05) is 0 Å². The van der Waals surface area contributed by atoms with E-state index in [1.54, 1.807) is 0 Å². The van der Waals surface area contributed by atoms with Crippen LogP contribution in [0.3, 0.4) is 0 Å². The molecule has 6 atom stereocenters. The summed E-state index contributed by atoms with van der Waals surface area (Å²) in [6.07, 6.45) is 25.8. The van der Waals surface area contributed by atoms with Crippen molar-refractivity contribution in [3.63, 3.8) is 0 Å². The van der Waals surface area contributed by atoms with Crippen LogP contribution in [0.15, 0.2) is 11.6 Å². The minimum Gasteiger partial charge on any atom is -0.462 e. The lowest BCUT2D eigenvalue weighted by Gasteiger charge is -2.57. The fraction of sp³-hybridized carbons (Fsp3) is 0.879. The SMILES string of the molecule is CCCCCCCCCCCCCC(=O)OC1CC[C@H]2[C@@H]3CCC4=CC(=O)CC[C@]4(C)[C@@H]3CC[C@]12C. The van der Waals surface area contributed by atoms with Crippen molar-refractivity contribution in [1.29, 1.82) is 0 Å². The number of esters is 1. The summed E-state index contributed by atoms with van der Waals surface area (Å²) < 4.78 is 6.21. The molecule has 0 aromatic heterocycles. The van der Waals surface area contributed by atoms with Gasteiger partial charge in [0.1, 0.15) is 6.10 Å². The van der Waals surface area contributed by atoms with E-state index in [0.29, 0.717) is 24.0 Å². The molecule has 36 heavy (non-hydrogen) atoms. The molecule has 0 saturated heterocycles. The van der Waals surface area contributed by atoms with E-state index >= 15 is 0 Å². The highest BCUT2D eigenvalue weighted by Gasteiger charge is 2.59. The maximum atomic E-state index is 12.8. The second kappa shape index (κ2) is 12.6. The molecular formula is C33H54O3. The molecule has 0 N–H and O–H groups in total. The summed E-state index contributed by atoms with van der Waals surface area (Å²) in [5.74, 6) is 2.50. The van der Waals surface area contributed by atoms with Gasteiger partial charge in [-0.3, -0.25) is 9.59 Å². The maximum Gasteiger partial charge on any atom is 0.306 e. The molecule has 0 aliphatic heterocycles. The summed E-state index contributed by atoms with van der Waals surface area (Å²) in [5, 5.41) is 0. The van der Waals surface area contributed by atoms with Gasteiger partial charge in [-0.2, -0.15) is 0 Å². The Labute approximate surface area is 221 Å². The zero-order valence-electron chi connectivity index (χ0n) is 23.8. The van der Waals surface area contributed by atoms with Crippen LogP contribution in [0, 0.1) is 28.6 Å². The molecule has 4 aliphatic carbocycles. The molecule has 0 amide bonds. The Morgan fingerprint density at radius 1 is 0.833 bits per heavy atom. The van der Waals surface area contributed by atoms with Crippen molar-refractivity contribution >= 4 is 11.8 Å². The first kappa shape index (κ1) is 27.9. The van der Waals surface area contributed by atoms with Gasteiger partial charge in [-0.1, -0.05) is 90.6 Å². The van der Waals surface area contributed by atoms with E-state index in [9.17, 15) is 9.59 Å². The Morgan fingerprint density at radius 2 is 1.50 bits per heavy atom. The number of unbranched alkanes of at least 4 members (excludes halogenated alkanes) is 10. The topological polar surface area (TPSA) is 43.4 Å². The molecule has 0 heterocycles. The molecule has 204 valence electrons. The summed E-state index contributed by atoms with van der Waals surface area (Å²) >= 11 is 0. The smallest absolute Gasteiger partial charge is 0.306 e. The number of carbonyl (C=O) groups excluding carboxylic acids is 2. The molecule has 0 aromatic carbocycles. The van der Waals surface area contributed by atoms with E-state index in [-0.39, 0.29) is 22.9 Å². The van der Waals surface area contributed by atoms with Gasteiger partial charge < -0.3 is 4.74 Å². The third-order valence-corrected chi connectivity index (χ3v) is 11.1. The normalized spacial score (nSPS) is 35.5. The van der Waals surface area contributed by atoms with Crippen LogP contribution in [0.2, 0.25) is 0 Å². The second-order valence-corrected chi connectivity index (χ2v) is 13.4. The maximum absolute atomic E-state index is 12.8. The van der Waals surface area contributed by atoms with Crippen LogP contribution < -0.4 is 0 Å². The summed E-state index contributed by atoms with van der Waals surface area (Å²) in [6.45, 7) is 7.15. The molecule has 3 saturated carbocycles. The Balaban J connectivity index is 1.17. The van der Waals surface area contributed by atoms with Gasteiger partial charge in [0.2, 0.25) is 0 Å². The minimum atomic E-state index is 0.0477. The molecule has 3 fully saturated rings. The third kappa shape index (κ3) is 6.12. The van der Waals surface area contributed by atoms with Gasteiger partial charge in [-0.25, -0.2) is 0 Å². The number of hydrogen-bond acceptors (Lipinski definition) is 3. The van der Waals surface area contributed by atoms with Crippen molar-refractivity contribution in [1.82, 2.24) is 0 Å². The lowest BCUT2D eigenvalue weighted by Crippen LogP contribution is -2.51. The molecule has 0 bridgehead atoms. The highest BCUT2D eigenvalue weighted by Crippen LogP contribution is 2.65. The Morgan fingerprint density at radius 3 is 2.19 bits per heavy atom. The molecule has 0 spiro atoms. The van der Waals surface area contributed by atoms with Gasteiger partial charge >= 0.3 is 5.97 Å². The first-order chi connectivity index (χ1) is 17.4. The van der Waals surface area contributed by atoms with Crippen LogP contribution in [0.1, 0.15) is 149 Å². The first-order valence-corrected chi connectivity index (χ1v) is 15.8. The number of allylic oxidation sites excluding steroid dienone is 1. The Kier molecular flexibility index (Phi) is 9.78. The number of ether oxygens (including phenoxy) is 1. The minimum absolute atomic E-state index is 0.0477. The number of carbonyl (C=O) groups is 2. The van der Waals surface area contributed by atoms with Gasteiger partial charge in [-0.15, -0.1) is 0 Å². The van der Waals surface area contributed by atoms with E-state index in [4.69, 9.17) is 4.74 Å². The number of hydrogen-bond donors (Lipinski definition) is 0. The molecule has 0 aromatic rings. The van der Waals surface area contributed by atoms with Crippen molar-refractivity contribution in [2.24, 2.45) is 28.6 Å². The number of fused-ring (bicyclic) bond motifs is 5. The summed E-state index contributed by atoms with van der Waals surface area (Å²) in [5.41, 5.74) is 1.81.